The Hall–Kier alpha value is -2.36. The van der Waals surface area contributed by atoms with Gasteiger partial charge in [0.2, 0.25) is 5.91 Å². The van der Waals surface area contributed by atoms with E-state index < -0.39 is 11.9 Å². The minimum Gasteiger partial charge on any atom is -0.478 e. The van der Waals surface area contributed by atoms with Gasteiger partial charge in [-0.2, -0.15) is 0 Å². The molecule has 1 aromatic carbocycles. The van der Waals surface area contributed by atoms with Crippen LogP contribution in [0.25, 0.3) is 5.57 Å². The average Bonchev–Trinajstić information content (AvgIpc) is 2.27. The van der Waals surface area contributed by atoms with Crippen LogP contribution in [-0.4, -0.2) is 17.0 Å². The summed E-state index contributed by atoms with van der Waals surface area (Å²) in [6.45, 7) is 5.64. The molecule has 0 aliphatic heterocycles. The fraction of sp³-hybridized carbons (Fsp3) is 0.0769. The van der Waals surface area contributed by atoms with Gasteiger partial charge in [-0.05, 0) is 18.6 Å². The molecule has 17 heavy (non-hydrogen) atoms. The first-order chi connectivity index (χ1) is 8.00. The summed E-state index contributed by atoms with van der Waals surface area (Å²) in [6.07, 6.45) is 1.76. The number of amides is 1. The molecule has 0 fully saturated rings. The highest BCUT2D eigenvalue weighted by Crippen LogP contribution is 2.21. The lowest BCUT2D eigenvalue weighted by Gasteiger charge is -2.08. The van der Waals surface area contributed by atoms with Crippen LogP contribution in [0, 0.1) is 0 Å². The van der Waals surface area contributed by atoms with Crippen molar-refractivity contribution in [2.24, 2.45) is 0 Å². The van der Waals surface area contributed by atoms with Crippen LogP contribution in [0.4, 0.5) is 5.69 Å². The number of nitrogens with one attached hydrogen (secondary N) is 1. The summed E-state index contributed by atoms with van der Waals surface area (Å²) in [5, 5.41) is 11.0. The van der Waals surface area contributed by atoms with Gasteiger partial charge >= 0.3 is 5.97 Å². The number of benzene rings is 1. The molecule has 88 valence electrons. The summed E-state index contributed by atoms with van der Waals surface area (Å²) in [4.78, 5) is 21.7. The zero-order valence-electron chi connectivity index (χ0n) is 9.43. The van der Waals surface area contributed by atoms with E-state index in [4.69, 9.17) is 5.11 Å². The first-order valence-electron chi connectivity index (χ1n) is 4.97. The molecule has 2 N–H and O–H groups in total. The van der Waals surface area contributed by atoms with E-state index in [0.29, 0.717) is 5.69 Å². The first kappa shape index (κ1) is 12.7. The fourth-order valence-corrected chi connectivity index (χ4v) is 1.29. The zero-order valence-corrected chi connectivity index (χ0v) is 9.43. The highest BCUT2D eigenvalue weighted by molar-refractivity contribution is 6.03. The molecule has 0 heterocycles. The van der Waals surface area contributed by atoms with Crippen molar-refractivity contribution in [3.63, 3.8) is 0 Å². The molecule has 0 aromatic heterocycles. The molecule has 0 saturated carbocycles. The summed E-state index contributed by atoms with van der Waals surface area (Å²) in [7, 11) is 0. The zero-order chi connectivity index (χ0) is 12.8. The van der Waals surface area contributed by atoms with E-state index in [-0.39, 0.29) is 0 Å². The second-order valence-corrected chi connectivity index (χ2v) is 3.49. The van der Waals surface area contributed by atoms with Crippen LogP contribution >= 0.6 is 0 Å². The predicted molar refractivity (Wildman–Crippen MR) is 66.6 cm³/mol. The van der Waals surface area contributed by atoms with Gasteiger partial charge in [-0.25, -0.2) is 4.79 Å². The van der Waals surface area contributed by atoms with Crippen molar-refractivity contribution in [3.05, 3.63) is 48.6 Å². The summed E-state index contributed by atoms with van der Waals surface area (Å²) < 4.78 is 0. The number of allylic oxidation sites excluding steroid dienone is 1. The third kappa shape index (κ3) is 3.95. The van der Waals surface area contributed by atoms with E-state index in [1.165, 1.54) is 0 Å². The van der Waals surface area contributed by atoms with E-state index in [2.05, 4.69) is 11.9 Å². The van der Waals surface area contributed by atoms with E-state index in [9.17, 15) is 9.59 Å². The lowest BCUT2D eigenvalue weighted by molar-refractivity contribution is -0.131. The third-order valence-corrected chi connectivity index (χ3v) is 2.02. The number of aliphatic carboxylic acids is 1. The minimum atomic E-state index is -1.16. The Balaban J connectivity index is 2.85. The molecule has 0 aliphatic carbocycles. The second kappa shape index (κ2) is 5.65. The lowest BCUT2D eigenvalue weighted by atomic mass is 10.1. The van der Waals surface area contributed by atoms with Crippen molar-refractivity contribution in [3.8, 4) is 0 Å². The smallest absolute Gasteiger partial charge is 0.328 e. The molecule has 0 atom stereocenters. The number of carboxylic acids is 1. The molecular formula is C13H13NO3. The quantitative estimate of drug-likeness (QED) is 0.781. The van der Waals surface area contributed by atoms with Crippen molar-refractivity contribution < 1.29 is 14.7 Å². The minimum absolute atomic E-state index is 0.485. The monoisotopic (exact) mass is 231 g/mol. The van der Waals surface area contributed by atoms with Crippen molar-refractivity contribution in [1.82, 2.24) is 0 Å². The number of para-hydroxylation sites is 1. The molecular weight excluding hydrogens is 218 g/mol. The molecule has 1 amide bonds. The van der Waals surface area contributed by atoms with Gasteiger partial charge in [0.15, 0.2) is 0 Å². The molecule has 4 heteroatoms. The van der Waals surface area contributed by atoms with Crippen LogP contribution < -0.4 is 5.32 Å². The van der Waals surface area contributed by atoms with E-state index in [0.717, 1.165) is 23.3 Å². The Morgan fingerprint density at radius 1 is 1.29 bits per heavy atom. The second-order valence-electron chi connectivity index (χ2n) is 3.49. The summed E-state index contributed by atoms with van der Waals surface area (Å²) in [6, 6.07) is 7.19. The Kier molecular flexibility index (Phi) is 4.22. The molecule has 0 radical (unpaired) electrons. The maximum absolute atomic E-state index is 11.4. The van der Waals surface area contributed by atoms with Gasteiger partial charge in [-0.1, -0.05) is 24.8 Å². The summed E-state index contributed by atoms with van der Waals surface area (Å²) in [5.41, 5.74) is 2.26. The molecule has 4 nitrogen and oxygen atoms in total. The molecule has 1 aromatic rings. The van der Waals surface area contributed by atoms with Gasteiger partial charge in [0.1, 0.15) is 0 Å². The van der Waals surface area contributed by atoms with Gasteiger partial charge in [-0.15, -0.1) is 0 Å². The highest BCUT2D eigenvalue weighted by atomic mass is 16.4. The maximum atomic E-state index is 11.4. The molecule has 0 spiro atoms. The lowest BCUT2D eigenvalue weighted by Crippen LogP contribution is -2.10. The Labute approximate surface area is 99.3 Å². The van der Waals surface area contributed by atoms with E-state index in [1.807, 2.05) is 19.1 Å². The third-order valence-electron chi connectivity index (χ3n) is 2.02. The van der Waals surface area contributed by atoms with Gasteiger partial charge in [0.05, 0.1) is 0 Å². The molecule has 1 rings (SSSR count). The fourth-order valence-electron chi connectivity index (χ4n) is 1.29. The molecule has 0 saturated heterocycles. The average molecular weight is 231 g/mol. The number of carbonyl (C=O) groups excluding carboxylic acids is 1. The molecule has 0 aliphatic rings. The number of rotatable bonds is 4. The first-order valence-corrected chi connectivity index (χ1v) is 4.97. The van der Waals surface area contributed by atoms with Crippen LogP contribution in [0.2, 0.25) is 0 Å². The van der Waals surface area contributed by atoms with Crippen LogP contribution in [0.1, 0.15) is 12.5 Å². The number of hydrogen-bond donors (Lipinski definition) is 2. The maximum Gasteiger partial charge on any atom is 0.328 e. The standard InChI is InChI=1S/C13H13NO3/c1-9(2)10-5-3-4-6-11(10)14-12(15)7-8-13(16)17/h3-8H,1H2,2H3,(H,14,15)(H,16,17)/b8-7-. The Morgan fingerprint density at radius 2 is 1.94 bits per heavy atom. The Morgan fingerprint density at radius 3 is 2.53 bits per heavy atom. The molecule has 0 bridgehead atoms. The van der Waals surface area contributed by atoms with Crippen LogP contribution in [0.15, 0.2) is 43.0 Å². The topological polar surface area (TPSA) is 66.4 Å². The highest BCUT2D eigenvalue weighted by Gasteiger charge is 2.04. The van der Waals surface area contributed by atoms with E-state index >= 15 is 0 Å². The Bertz CT molecular complexity index is 489. The number of carbonyl (C=O) groups is 2. The van der Waals surface area contributed by atoms with E-state index in [1.54, 1.807) is 12.1 Å². The summed E-state index contributed by atoms with van der Waals surface area (Å²) in [5.74, 6) is -1.64. The van der Waals surface area contributed by atoms with Crippen LogP contribution in [0.5, 0.6) is 0 Å². The summed E-state index contributed by atoms with van der Waals surface area (Å²) >= 11 is 0. The van der Waals surface area contributed by atoms with Gasteiger partial charge in [0.25, 0.3) is 0 Å². The number of carboxylic acid groups (broad SMARTS) is 1. The predicted octanol–water partition coefficient (Wildman–Crippen LogP) is 2.30. The van der Waals surface area contributed by atoms with Crippen molar-refractivity contribution in [1.29, 1.82) is 0 Å². The van der Waals surface area contributed by atoms with Gasteiger partial charge in [0, 0.05) is 23.4 Å². The number of anilines is 1. The molecule has 0 unspecified atom stereocenters. The van der Waals surface area contributed by atoms with Gasteiger partial charge in [-0.3, -0.25) is 4.79 Å². The van der Waals surface area contributed by atoms with Crippen molar-refractivity contribution in [2.75, 3.05) is 5.32 Å². The van der Waals surface area contributed by atoms with Crippen LogP contribution in [0.3, 0.4) is 0 Å². The SMILES string of the molecule is C=C(C)c1ccccc1NC(=O)/C=C\C(=O)O. The van der Waals surface area contributed by atoms with Crippen molar-refractivity contribution >= 4 is 23.1 Å². The number of hydrogen-bond acceptors (Lipinski definition) is 2. The van der Waals surface area contributed by atoms with Crippen molar-refractivity contribution in [2.45, 2.75) is 6.92 Å². The van der Waals surface area contributed by atoms with Crippen LogP contribution in [-0.2, 0) is 9.59 Å². The van der Waals surface area contributed by atoms with Gasteiger partial charge < -0.3 is 10.4 Å². The normalized spacial score (nSPS) is 10.2. The largest absolute Gasteiger partial charge is 0.478 e.